The smallest absolute Gasteiger partial charge is 0.0156 e. The summed E-state index contributed by atoms with van der Waals surface area (Å²) in [7, 11) is 4.45. The van der Waals surface area contributed by atoms with Gasteiger partial charge in [-0.05, 0) is 57.0 Å². The van der Waals surface area contributed by atoms with E-state index in [0.29, 0.717) is 11.5 Å². The zero-order chi connectivity index (χ0) is 12.5. The maximum absolute atomic E-state index is 3.56. The van der Waals surface area contributed by atoms with Gasteiger partial charge in [-0.15, -0.1) is 0 Å². The second-order valence-corrected chi connectivity index (χ2v) is 7.07. The molecule has 0 heterocycles. The first-order valence-corrected chi connectivity index (χ1v) is 7.39. The topological polar surface area (TPSA) is 15.3 Å². The summed E-state index contributed by atoms with van der Waals surface area (Å²) >= 11 is 0. The molecular formula is C15H30N2. The van der Waals surface area contributed by atoms with Crippen molar-refractivity contribution in [2.24, 2.45) is 17.3 Å². The molecule has 2 heteroatoms. The summed E-state index contributed by atoms with van der Waals surface area (Å²) in [6, 6.07) is 0.700. The summed E-state index contributed by atoms with van der Waals surface area (Å²) in [4.78, 5) is 2.58. The number of hydrogen-bond donors (Lipinski definition) is 1. The molecule has 0 radical (unpaired) electrons. The van der Waals surface area contributed by atoms with E-state index in [1.54, 1.807) is 0 Å². The maximum atomic E-state index is 3.56. The Balaban J connectivity index is 1.81. The van der Waals surface area contributed by atoms with Crippen LogP contribution in [0.4, 0.5) is 0 Å². The van der Waals surface area contributed by atoms with Gasteiger partial charge in [0.2, 0.25) is 0 Å². The van der Waals surface area contributed by atoms with E-state index in [1.165, 1.54) is 45.2 Å². The standard InChI is InChI=1S/C15H30N2/c1-15(2)9-8-13(14(15)16-3)11-17(4)10-12-6-5-7-12/h12-14,16H,5-11H2,1-4H3. The van der Waals surface area contributed by atoms with E-state index in [-0.39, 0.29) is 0 Å². The second-order valence-electron chi connectivity index (χ2n) is 7.07. The number of nitrogens with zero attached hydrogens (tertiary/aromatic N) is 1. The lowest BCUT2D eigenvalue weighted by Gasteiger charge is -2.35. The predicted molar refractivity (Wildman–Crippen MR) is 74.2 cm³/mol. The minimum atomic E-state index is 0.483. The van der Waals surface area contributed by atoms with Crippen LogP contribution < -0.4 is 5.32 Å². The van der Waals surface area contributed by atoms with E-state index < -0.39 is 0 Å². The van der Waals surface area contributed by atoms with Gasteiger partial charge in [-0.1, -0.05) is 20.3 Å². The predicted octanol–water partition coefficient (Wildman–Crippen LogP) is 2.74. The van der Waals surface area contributed by atoms with Crippen LogP contribution in [0.2, 0.25) is 0 Å². The van der Waals surface area contributed by atoms with E-state index in [4.69, 9.17) is 0 Å². The van der Waals surface area contributed by atoms with Crippen LogP contribution in [-0.2, 0) is 0 Å². The molecule has 100 valence electrons. The van der Waals surface area contributed by atoms with Crippen LogP contribution in [-0.4, -0.2) is 38.1 Å². The highest BCUT2D eigenvalue weighted by Crippen LogP contribution is 2.41. The Morgan fingerprint density at radius 2 is 1.88 bits per heavy atom. The number of rotatable bonds is 5. The molecule has 2 aliphatic rings. The molecule has 0 bridgehead atoms. The van der Waals surface area contributed by atoms with Crippen LogP contribution >= 0.6 is 0 Å². The number of hydrogen-bond acceptors (Lipinski definition) is 2. The molecule has 2 unspecified atom stereocenters. The maximum Gasteiger partial charge on any atom is 0.0156 e. The van der Waals surface area contributed by atoms with Gasteiger partial charge in [-0.3, -0.25) is 0 Å². The largest absolute Gasteiger partial charge is 0.316 e. The Hall–Kier alpha value is -0.0800. The first-order valence-electron chi connectivity index (χ1n) is 7.39. The molecule has 2 rings (SSSR count). The summed E-state index contributed by atoms with van der Waals surface area (Å²) in [5.41, 5.74) is 0.483. The van der Waals surface area contributed by atoms with Crippen molar-refractivity contribution in [3.05, 3.63) is 0 Å². The molecule has 17 heavy (non-hydrogen) atoms. The lowest BCUT2D eigenvalue weighted by molar-refractivity contribution is 0.165. The van der Waals surface area contributed by atoms with Crippen molar-refractivity contribution in [1.82, 2.24) is 10.2 Å². The van der Waals surface area contributed by atoms with E-state index in [1.807, 2.05) is 0 Å². The fourth-order valence-electron chi connectivity index (χ4n) is 3.93. The van der Waals surface area contributed by atoms with Crippen LogP contribution in [0, 0.1) is 17.3 Å². The Morgan fingerprint density at radius 1 is 1.18 bits per heavy atom. The molecule has 0 amide bonds. The van der Waals surface area contributed by atoms with Crippen molar-refractivity contribution >= 4 is 0 Å². The summed E-state index contributed by atoms with van der Waals surface area (Å²) in [6.45, 7) is 7.44. The van der Waals surface area contributed by atoms with E-state index in [9.17, 15) is 0 Å². The third-order valence-electron chi connectivity index (χ3n) is 5.12. The van der Waals surface area contributed by atoms with E-state index in [2.05, 4.69) is 38.2 Å². The highest BCUT2D eigenvalue weighted by atomic mass is 15.1. The molecule has 0 spiro atoms. The summed E-state index contributed by atoms with van der Waals surface area (Å²) < 4.78 is 0. The molecule has 0 aliphatic heterocycles. The average Bonchev–Trinajstić information content (AvgIpc) is 2.47. The van der Waals surface area contributed by atoms with Crippen molar-refractivity contribution in [1.29, 1.82) is 0 Å². The van der Waals surface area contributed by atoms with Gasteiger partial charge >= 0.3 is 0 Å². The quantitative estimate of drug-likeness (QED) is 0.792. The Kier molecular flexibility index (Phi) is 4.14. The van der Waals surface area contributed by atoms with Crippen molar-refractivity contribution in [2.75, 3.05) is 27.2 Å². The zero-order valence-corrected chi connectivity index (χ0v) is 12.1. The molecule has 2 nitrogen and oxygen atoms in total. The van der Waals surface area contributed by atoms with Gasteiger partial charge in [0, 0.05) is 19.1 Å². The summed E-state index contributed by atoms with van der Waals surface area (Å²) in [6.07, 6.45) is 7.17. The first kappa shape index (κ1) is 13.4. The fourth-order valence-corrected chi connectivity index (χ4v) is 3.93. The van der Waals surface area contributed by atoms with Gasteiger partial charge in [-0.2, -0.15) is 0 Å². The minimum absolute atomic E-state index is 0.483. The molecule has 0 aromatic heterocycles. The second kappa shape index (κ2) is 5.27. The summed E-state index contributed by atoms with van der Waals surface area (Å²) in [5.74, 6) is 1.85. The minimum Gasteiger partial charge on any atom is -0.316 e. The molecular weight excluding hydrogens is 208 g/mol. The zero-order valence-electron chi connectivity index (χ0n) is 12.1. The number of nitrogens with one attached hydrogen (secondary N) is 1. The third kappa shape index (κ3) is 3.03. The molecule has 2 aliphatic carbocycles. The van der Waals surface area contributed by atoms with Gasteiger partial charge < -0.3 is 10.2 Å². The molecule has 2 atom stereocenters. The molecule has 0 saturated heterocycles. The highest BCUT2D eigenvalue weighted by molar-refractivity contribution is 4.96. The Morgan fingerprint density at radius 3 is 2.41 bits per heavy atom. The Bertz CT molecular complexity index is 245. The van der Waals surface area contributed by atoms with Crippen molar-refractivity contribution in [3.8, 4) is 0 Å². The van der Waals surface area contributed by atoms with E-state index >= 15 is 0 Å². The highest BCUT2D eigenvalue weighted by Gasteiger charge is 2.41. The lowest BCUT2D eigenvalue weighted by atomic mass is 9.84. The van der Waals surface area contributed by atoms with Gasteiger partial charge in [-0.25, -0.2) is 0 Å². The molecule has 0 aromatic rings. The van der Waals surface area contributed by atoms with E-state index in [0.717, 1.165) is 11.8 Å². The molecule has 2 saturated carbocycles. The van der Waals surface area contributed by atoms with Gasteiger partial charge in [0.05, 0.1) is 0 Å². The van der Waals surface area contributed by atoms with Crippen molar-refractivity contribution in [3.63, 3.8) is 0 Å². The van der Waals surface area contributed by atoms with Crippen LogP contribution in [0.3, 0.4) is 0 Å². The summed E-state index contributed by atoms with van der Waals surface area (Å²) in [5, 5.41) is 3.56. The fraction of sp³-hybridized carbons (Fsp3) is 1.00. The molecule has 2 fully saturated rings. The SMILES string of the molecule is CNC1C(CN(C)CC2CCC2)CCC1(C)C. The third-order valence-corrected chi connectivity index (χ3v) is 5.12. The van der Waals surface area contributed by atoms with Gasteiger partial charge in [0.15, 0.2) is 0 Å². The van der Waals surface area contributed by atoms with Gasteiger partial charge in [0.25, 0.3) is 0 Å². The van der Waals surface area contributed by atoms with Crippen LogP contribution in [0.15, 0.2) is 0 Å². The van der Waals surface area contributed by atoms with Crippen molar-refractivity contribution < 1.29 is 0 Å². The Labute approximate surface area is 107 Å². The monoisotopic (exact) mass is 238 g/mol. The van der Waals surface area contributed by atoms with Crippen LogP contribution in [0.1, 0.15) is 46.0 Å². The van der Waals surface area contributed by atoms with Gasteiger partial charge in [0.1, 0.15) is 0 Å². The molecule has 1 N–H and O–H groups in total. The first-order chi connectivity index (χ1) is 8.03. The normalized spacial score (nSPS) is 33.0. The van der Waals surface area contributed by atoms with Crippen LogP contribution in [0.5, 0.6) is 0 Å². The average molecular weight is 238 g/mol. The van der Waals surface area contributed by atoms with Crippen molar-refractivity contribution in [2.45, 2.75) is 52.0 Å². The lowest BCUT2D eigenvalue weighted by Crippen LogP contribution is -2.44. The van der Waals surface area contributed by atoms with Crippen LogP contribution in [0.25, 0.3) is 0 Å². The molecule has 0 aromatic carbocycles.